The number of anilines is 1. The first-order chi connectivity index (χ1) is 15.9. The lowest BCUT2D eigenvalue weighted by Crippen LogP contribution is -2.40. The molecule has 2 aromatic rings. The molecule has 0 spiro atoms. The van der Waals surface area contributed by atoms with Crippen molar-refractivity contribution in [1.82, 2.24) is 10.2 Å². The monoisotopic (exact) mass is 475 g/mol. The topological polar surface area (TPSA) is 90.8 Å². The molecule has 1 aliphatic carbocycles. The summed E-state index contributed by atoms with van der Waals surface area (Å²) in [5.41, 5.74) is 0. The van der Waals surface area contributed by atoms with E-state index in [4.69, 9.17) is 14.2 Å². The molecule has 1 aromatic heterocycles. The summed E-state index contributed by atoms with van der Waals surface area (Å²) in [6.45, 7) is 4.34. The van der Waals surface area contributed by atoms with Crippen LogP contribution in [0.1, 0.15) is 45.4 Å². The van der Waals surface area contributed by atoms with Gasteiger partial charge in [0.25, 0.3) is 0 Å². The van der Waals surface area contributed by atoms with Crippen LogP contribution < -0.4 is 14.4 Å². The summed E-state index contributed by atoms with van der Waals surface area (Å²) in [5, 5.41) is 8.41. The number of benzene rings is 1. The minimum absolute atomic E-state index is 0.147. The van der Waals surface area contributed by atoms with Crippen LogP contribution in [0.3, 0.4) is 0 Å². The lowest BCUT2D eigenvalue weighted by Gasteiger charge is -2.36. The zero-order valence-electron chi connectivity index (χ0n) is 19.4. The first kappa shape index (κ1) is 23.8. The number of piperidine rings is 1. The molecule has 1 aromatic carbocycles. The Hall–Kier alpha value is -2.39. The Bertz CT molecular complexity index is 982. The summed E-state index contributed by atoms with van der Waals surface area (Å²) in [5.74, 6) is 2.17. The summed E-state index contributed by atoms with van der Waals surface area (Å²) in [4.78, 5) is 2.56. The second-order valence-electron chi connectivity index (χ2n) is 8.75. The smallest absolute Gasteiger partial charge is 0.233 e. The van der Waals surface area contributed by atoms with E-state index in [-0.39, 0.29) is 18.3 Å². The largest absolute Gasteiger partial charge is 0.490 e. The van der Waals surface area contributed by atoms with Gasteiger partial charge < -0.3 is 19.1 Å². The third-order valence-electron chi connectivity index (χ3n) is 6.24. The van der Waals surface area contributed by atoms with Crippen LogP contribution in [0, 0.1) is 0 Å². The maximum absolute atomic E-state index is 11.6. The highest BCUT2D eigenvalue weighted by Gasteiger charge is 2.28. The Kier molecular flexibility index (Phi) is 7.70. The fourth-order valence-electron chi connectivity index (χ4n) is 4.44. The third kappa shape index (κ3) is 6.57. The van der Waals surface area contributed by atoms with Crippen LogP contribution in [-0.4, -0.2) is 62.9 Å². The summed E-state index contributed by atoms with van der Waals surface area (Å²) in [7, 11) is -3.18. The fraction of sp³-hybridized carbons (Fsp3) is 0.583. The highest BCUT2D eigenvalue weighted by molar-refractivity contribution is 7.90. The molecule has 1 saturated heterocycles. The summed E-state index contributed by atoms with van der Waals surface area (Å²) in [6.07, 6.45) is 7.74. The Balaban J connectivity index is 1.18. The minimum Gasteiger partial charge on any atom is -0.490 e. The van der Waals surface area contributed by atoms with Gasteiger partial charge in [0, 0.05) is 25.4 Å². The van der Waals surface area contributed by atoms with E-state index in [9.17, 15) is 8.42 Å². The van der Waals surface area contributed by atoms with Gasteiger partial charge in [-0.05, 0) is 75.8 Å². The van der Waals surface area contributed by atoms with Crippen LogP contribution in [0.25, 0.3) is 0 Å². The highest BCUT2D eigenvalue weighted by Crippen LogP contribution is 2.29. The van der Waals surface area contributed by atoms with Crippen molar-refractivity contribution in [3.63, 3.8) is 0 Å². The number of ether oxygens (including phenoxy) is 3. The average molecular weight is 476 g/mol. The van der Waals surface area contributed by atoms with E-state index in [2.05, 4.69) is 15.1 Å². The second-order valence-corrected chi connectivity index (χ2v) is 10.8. The molecule has 2 heterocycles. The molecule has 8 nitrogen and oxygen atoms in total. The predicted molar refractivity (Wildman–Crippen MR) is 126 cm³/mol. The van der Waals surface area contributed by atoms with Crippen molar-refractivity contribution in [2.45, 2.75) is 68.7 Å². The van der Waals surface area contributed by atoms with Gasteiger partial charge in [0.05, 0.1) is 29.8 Å². The maximum Gasteiger partial charge on any atom is 0.233 e. The van der Waals surface area contributed by atoms with E-state index in [0.717, 1.165) is 63.2 Å². The molecule has 4 rings (SSSR count). The van der Waals surface area contributed by atoms with Gasteiger partial charge in [0.2, 0.25) is 5.88 Å². The lowest BCUT2D eigenvalue weighted by molar-refractivity contribution is -0.0528. The Morgan fingerprint density at radius 3 is 2.09 bits per heavy atom. The number of aromatic nitrogens is 2. The van der Waals surface area contributed by atoms with Gasteiger partial charge in [-0.15, -0.1) is 10.2 Å². The van der Waals surface area contributed by atoms with Crippen LogP contribution in [0.5, 0.6) is 11.6 Å². The molecule has 0 atom stereocenters. The summed E-state index contributed by atoms with van der Waals surface area (Å²) >= 11 is 0. The van der Waals surface area contributed by atoms with Crippen LogP contribution in [0.4, 0.5) is 5.82 Å². The first-order valence-corrected chi connectivity index (χ1v) is 13.6. The quantitative estimate of drug-likeness (QED) is 0.571. The number of hydrogen-bond acceptors (Lipinski definition) is 8. The molecule has 1 saturated carbocycles. The SMILES string of the molecule is CCOc1ccc(N2CCC(OC3CCC(Oc4ccc(S(C)(=O)=O)cc4)CC3)CC2)nn1. The van der Waals surface area contributed by atoms with E-state index in [0.29, 0.717) is 17.4 Å². The Labute approximate surface area is 196 Å². The van der Waals surface area contributed by atoms with E-state index in [1.807, 2.05) is 19.1 Å². The van der Waals surface area contributed by atoms with Crippen molar-refractivity contribution >= 4 is 15.7 Å². The van der Waals surface area contributed by atoms with Gasteiger partial charge in [0.1, 0.15) is 5.75 Å². The van der Waals surface area contributed by atoms with E-state index < -0.39 is 9.84 Å². The normalized spacial score (nSPS) is 22.2. The summed E-state index contributed by atoms with van der Waals surface area (Å²) in [6, 6.07) is 10.5. The van der Waals surface area contributed by atoms with Crippen LogP contribution in [0.15, 0.2) is 41.3 Å². The average Bonchev–Trinajstić information content (AvgIpc) is 2.81. The van der Waals surface area contributed by atoms with E-state index >= 15 is 0 Å². The Morgan fingerprint density at radius 2 is 1.52 bits per heavy atom. The van der Waals surface area contributed by atoms with E-state index in [1.54, 1.807) is 24.3 Å². The molecule has 2 aliphatic rings. The van der Waals surface area contributed by atoms with Gasteiger partial charge in [-0.1, -0.05) is 0 Å². The standard InChI is InChI=1S/C24H33N3O5S/c1-3-30-24-13-12-23(25-26-24)27-16-14-21(15-17-27)32-19-6-4-18(5-7-19)31-20-8-10-22(11-9-20)33(2,28)29/h8-13,18-19,21H,3-7,14-17H2,1-2H3. The number of nitrogens with zero attached hydrogens (tertiary/aromatic N) is 3. The van der Waals surface area contributed by atoms with Gasteiger partial charge in [-0.3, -0.25) is 0 Å². The molecule has 9 heteroatoms. The zero-order chi connectivity index (χ0) is 23.3. The van der Waals surface area contributed by atoms with Crippen molar-refractivity contribution in [2.24, 2.45) is 0 Å². The van der Waals surface area contributed by atoms with Crippen molar-refractivity contribution in [1.29, 1.82) is 0 Å². The highest BCUT2D eigenvalue weighted by atomic mass is 32.2. The van der Waals surface area contributed by atoms with Crippen molar-refractivity contribution < 1.29 is 22.6 Å². The molecule has 0 unspecified atom stereocenters. The van der Waals surface area contributed by atoms with Crippen LogP contribution in [0.2, 0.25) is 0 Å². The van der Waals surface area contributed by atoms with Gasteiger partial charge in [0.15, 0.2) is 15.7 Å². The van der Waals surface area contributed by atoms with Gasteiger partial charge >= 0.3 is 0 Å². The van der Waals surface area contributed by atoms with Gasteiger partial charge in [-0.25, -0.2) is 8.42 Å². The lowest BCUT2D eigenvalue weighted by atomic mass is 9.94. The Morgan fingerprint density at radius 1 is 0.879 bits per heavy atom. The molecule has 1 aliphatic heterocycles. The van der Waals surface area contributed by atoms with Crippen molar-refractivity contribution in [2.75, 3.05) is 30.9 Å². The van der Waals surface area contributed by atoms with Crippen molar-refractivity contribution in [3.05, 3.63) is 36.4 Å². The molecule has 33 heavy (non-hydrogen) atoms. The minimum atomic E-state index is -3.18. The second kappa shape index (κ2) is 10.7. The molecule has 0 radical (unpaired) electrons. The number of hydrogen-bond donors (Lipinski definition) is 0. The van der Waals surface area contributed by atoms with E-state index in [1.165, 1.54) is 6.26 Å². The molecule has 0 bridgehead atoms. The van der Waals surface area contributed by atoms with Crippen LogP contribution >= 0.6 is 0 Å². The molecular weight excluding hydrogens is 442 g/mol. The molecule has 2 fully saturated rings. The number of rotatable bonds is 8. The van der Waals surface area contributed by atoms with Gasteiger partial charge in [-0.2, -0.15) is 0 Å². The third-order valence-corrected chi connectivity index (χ3v) is 7.37. The number of sulfone groups is 1. The maximum atomic E-state index is 11.6. The first-order valence-electron chi connectivity index (χ1n) is 11.7. The molecule has 0 N–H and O–H groups in total. The van der Waals surface area contributed by atoms with Crippen molar-refractivity contribution in [3.8, 4) is 11.6 Å². The molecule has 0 amide bonds. The fourth-order valence-corrected chi connectivity index (χ4v) is 5.07. The van der Waals surface area contributed by atoms with Crippen LogP contribution in [-0.2, 0) is 14.6 Å². The summed E-state index contributed by atoms with van der Waals surface area (Å²) < 4.78 is 41.0. The predicted octanol–water partition coefficient (Wildman–Crippen LogP) is 3.65. The molecular formula is C24H33N3O5S. The molecule has 180 valence electrons. The zero-order valence-corrected chi connectivity index (χ0v) is 20.2.